The molecule has 0 aliphatic heterocycles. The molecule has 0 fully saturated rings. The first-order valence-electron chi connectivity index (χ1n) is 1.33. The van der Waals surface area contributed by atoms with E-state index in [-0.39, 0.29) is 17.1 Å². The summed E-state index contributed by atoms with van der Waals surface area (Å²) in [7, 11) is -10.3. The second-order valence-electron chi connectivity index (χ2n) is 0.816. The molecule has 11 heteroatoms. The zero-order valence-electron chi connectivity index (χ0n) is 4.38. The minimum atomic E-state index is -5.17. The van der Waals surface area contributed by atoms with Gasteiger partial charge in [0.25, 0.3) is 0 Å². The molecular formula is CuO8S2-4. The molecule has 0 rings (SSSR count). The fourth-order valence-corrected chi connectivity index (χ4v) is 0. The maximum absolute atomic E-state index is 8.52. The van der Waals surface area contributed by atoms with Crippen molar-refractivity contribution in [2.45, 2.75) is 0 Å². The average Bonchev–Trinajstić information content (AvgIpc) is 1.12. The molecule has 0 aliphatic carbocycles. The Morgan fingerprint density at radius 3 is 0.636 bits per heavy atom. The Hall–Kier alpha value is 0.259. The summed E-state index contributed by atoms with van der Waals surface area (Å²) in [4.78, 5) is 0. The molecule has 0 spiro atoms. The maximum atomic E-state index is 8.52. The van der Waals surface area contributed by atoms with Gasteiger partial charge in [-0.15, -0.1) is 0 Å². The molecular weight excluding hydrogens is 256 g/mol. The van der Waals surface area contributed by atoms with E-state index in [2.05, 4.69) is 0 Å². The van der Waals surface area contributed by atoms with E-state index in [9.17, 15) is 0 Å². The van der Waals surface area contributed by atoms with Crippen molar-refractivity contribution >= 4 is 20.8 Å². The molecule has 0 aromatic rings. The van der Waals surface area contributed by atoms with Crippen molar-refractivity contribution in [2.24, 2.45) is 0 Å². The van der Waals surface area contributed by atoms with E-state index in [0.717, 1.165) is 0 Å². The normalized spacial score (nSPS) is 10.5. The smallest absolute Gasteiger partial charge is 0.0311 e. The minimum absolute atomic E-state index is 0. The van der Waals surface area contributed by atoms with Crippen molar-refractivity contribution in [2.75, 3.05) is 0 Å². The molecule has 0 amide bonds. The zero-order chi connectivity index (χ0) is 9.00. The van der Waals surface area contributed by atoms with Crippen LogP contribution in [0.5, 0.6) is 0 Å². The maximum Gasteiger partial charge on any atom is 0.0311 e. The topological polar surface area (TPSA) is 161 Å². The fourth-order valence-electron chi connectivity index (χ4n) is 0. The van der Waals surface area contributed by atoms with E-state index in [4.69, 9.17) is 35.0 Å². The molecule has 0 saturated carbocycles. The van der Waals surface area contributed by atoms with Crippen LogP contribution < -0.4 is 0 Å². The first-order valence-corrected chi connectivity index (χ1v) is 4.00. The summed E-state index contributed by atoms with van der Waals surface area (Å²) in [6.07, 6.45) is 0. The number of hydrogen-bond acceptors (Lipinski definition) is 8. The van der Waals surface area contributed by atoms with Crippen molar-refractivity contribution in [3.63, 3.8) is 0 Å². The van der Waals surface area contributed by atoms with Gasteiger partial charge in [-0.1, -0.05) is 0 Å². The minimum Gasteiger partial charge on any atom is -0.759 e. The molecule has 0 aromatic heterocycles. The van der Waals surface area contributed by atoms with Crippen LogP contribution in [0.25, 0.3) is 0 Å². The van der Waals surface area contributed by atoms with Crippen LogP contribution in [-0.4, -0.2) is 35.0 Å². The standard InChI is InChI=1S/Cu.2H2O4S/c;2*1-5(2,3)4/h;2*(H2,1,2,3,4)/p-4. The van der Waals surface area contributed by atoms with Gasteiger partial charge in [0.15, 0.2) is 0 Å². The fraction of sp³-hybridized carbons (Fsp3) is 0. The van der Waals surface area contributed by atoms with Gasteiger partial charge < -0.3 is 18.2 Å². The summed E-state index contributed by atoms with van der Waals surface area (Å²) < 4.78 is 68.2. The quantitative estimate of drug-likeness (QED) is 0.257. The Labute approximate surface area is 73.2 Å². The Bertz CT molecular complexity index is 208. The van der Waals surface area contributed by atoms with Crippen molar-refractivity contribution in [3.05, 3.63) is 0 Å². The summed E-state index contributed by atoms with van der Waals surface area (Å²) in [6.45, 7) is 0. The summed E-state index contributed by atoms with van der Waals surface area (Å²) in [5.74, 6) is 0. The first-order chi connectivity index (χ1) is 4.00. The molecule has 0 saturated heterocycles. The molecule has 1 radical (unpaired) electrons. The van der Waals surface area contributed by atoms with Gasteiger partial charge in [-0.05, 0) is 0 Å². The van der Waals surface area contributed by atoms with Gasteiger partial charge in [-0.2, -0.15) is 0 Å². The molecule has 0 N–H and O–H groups in total. The van der Waals surface area contributed by atoms with Crippen LogP contribution in [0.4, 0.5) is 0 Å². The average molecular weight is 256 g/mol. The largest absolute Gasteiger partial charge is 0.759 e. The number of hydrogen-bond donors (Lipinski definition) is 0. The summed E-state index contributed by atoms with van der Waals surface area (Å²) in [6, 6.07) is 0. The van der Waals surface area contributed by atoms with Gasteiger partial charge >= 0.3 is 0 Å². The van der Waals surface area contributed by atoms with Crippen LogP contribution in [0, 0.1) is 0 Å². The van der Waals surface area contributed by atoms with Crippen LogP contribution in [0.1, 0.15) is 0 Å². The van der Waals surface area contributed by atoms with Crippen molar-refractivity contribution < 1.29 is 52.1 Å². The summed E-state index contributed by atoms with van der Waals surface area (Å²) in [5, 5.41) is 0. The molecule has 0 bridgehead atoms. The predicted octanol–water partition coefficient (Wildman–Crippen LogP) is -2.68. The second-order valence-corrected chi connectivity index (χ2v) is 2.45. The third-order valence-corrected chi connectivity index (χ3v) is 0. The molecule has 0 heterocycles. The third kappa shape index (κ3) is 10400. The Morgan fingerprint density at radius 2 is 0.636 bits per heavy atom. The van der Waals surface area contributed by atoms with E-state index in [1.165, 1.54) is 0 Å². The SMILES string of the molecule is O=S(=O)([O-])[O-].O=S(=O)([O-])[O-].[Cu]. The molecule has 75 valence electrons. The van der Waals surface area contributed by atoms with E-state index in [1.807, 2.05) is 0 Å². The van der Waals surface area contributed by atoms with E-state index >= 15 is 0 Å². The Balaban J connectivity index is -0.000000107. The Morgan fingerprint density at radius 1 is 0.636 bits per heavy atom. The van der Waals surface area contributed by atoms with Gasteiger partial charge in [0.2, 0.25) is 0 Å². The van der Waals surface area contributed by atoms with Gasteiger partial charge in [0.1, 0.15) is 0 Å². The van der Waals surface area contributed by atoms with Gasteiger partial charge in [0, 0.05) is 37.9 Å². The van der Waals surface area contributed by atoms with Gasteiger partial charge in [-0.3, -0.25) is 16.8 Å². The summed E-state index contributed by atoms with van der Waals surface area (Å²) >= 11 is 0. The molecule has 8 nitrogen and oxygen atoms in total. The zero-order valence-corrected chi connectivity index (χ0v) is 6.96. The second kappa shape index (κ2) is 5.85. The van der Waals surface area contributed by atoms with Crippen LogP contribution >= 0.6 is 0 Å². The van der Waals surface area contributed by atoms with Crippen molar-refractivity contribution in [1.29, 1.82) is 0 Å². The van der Waals surface area contributed by atoms with E-state index in [1.54, 1.807) is 0 Å². The van der Waals surface area contributed by atoms with E-state index < -0.39 is 20.8 Å². The molecule has 0 aromatic carbocycles. The van der Waals surface area contributed by atoms with Gasteiger partial charge in [-0.25, -0.2) is 0 Å². The van der Waals surface area contributed by atoms with Crippen molar-refractivity contribution in [1.82, 2.24) is 0 Å². The number of rotatable bonds is 0. The first kappa shape index (κ1) is 17.4. The monoisotopic (exact) mass is 255 g/mol. The van der Waals surface area contributed by atoms with Crippen LogP contribution in [-0.2, 0) is 37.9 Å². The van der Waals surface area contributed by atoms with E-state index in [0.29, 0.717) is 0 Å². The van der Waals surface area contributed by atoms with Gasteiger partial charge in [0.05, 0.1) is 0 Å². The van der Waals surface area contributed by atoms with Crippen molar-refractivity contribution in [3.8, 4) is 0 Å². The van der Waals surface area contributed by atoms with Crippen LogP contribution in [0.3, 0.4) is 0 Å². The summed E-state index contributed by atoms with van der Waals surface area (Å²) in [5.41, 5.74) is 0. The third-order valence-electron chi connectivity index (χ3n) is 0. The predicted molar refractivity (Wildman–Crippen MR) is 20.9 cm³/mol. The van der Waals surface area contributed by atoms with Crippen LogP contribution in [0.2, 0.25) is 0 Å². The molecule has 11 heavy (non-hydrogen) atoms. The molecule has 0 unspecified atom stereocenters. The Kier molecular flexibility index (Phi) is 9.24. The molecule has 0 atom stereocenters. The molecule has 0 aliphatic rings. The van der Waals surface area contributed by atoms with Crippen LogP contribution in [0.15, 0.2) is 0 Å².